The Bertz CT molecular complexity index is 914. The van der Waals surface area contributed by atoms with Gasteiger partial charge in [0.05, 0.1) is 18.1 Å². The molecule has 2 fully saturated rings. The van der Waals surface area contributed by atoms with Crippen LogP contribution in [0.25, 0.3) is 0 Å². The molecular formula is C19H26N2O14. The molecule has 35 heavy (non-hydrogen) atoms. The SMILES string of the molecule is O=C(O)c1ccc(N[C@H]2O[C@@H](CO)[C@@H](O[C@H]3O[C@@H](CO)[C@@H](O)[C@@H](O)[C@H]3O)[C@@H](O)[C@H]2O)cc1[N+](=O)[O-]. The van der Waals surface area contributed by atoms with Crippen LogP contribution in [0, 0.1) is 10.1 Å². The molecule has 1 aromatic rings. The van der Waals surface area contributed by atoms with Crippen LogP contribution in [0.3, 0.4) is 0 Å². The number of hydrogen-bond acceptors (Lipinski definition) is 14. The molecule has 0 aliphatic carbocycles. The lowest BCUT2D eigenvalue weighted by atomic mass is 9.96. The van der Waals surface area contributed by atoms with E-state index in [0.717, 1.165) is 12.1 Å². The standard InChI is InChI=1S/C19H26N2O14/c22-4-9-11(24)12(25)15(28)19(34-9)35-16-10(5-23)33-17(14(27)13(16)26)20-6-1-2-7(18(29)30)8(3-6)21(31)32/h1-3,9-17,19-20,22-28H,4-5H2,(H,29,30)/t9-,10-,11+,12+,13-,14+,15+,16+,17-,19+/m0/s1. The van der Waals surface area contributed by atoms with E-state index in [1.165, 1.54) is 6.07 Å². The van der Waals surface area contributed by atoms with Crippen LogP contribution < -0.4 is 5.32 Å². The Morgan fingerprint density at radius 2 is 1.63 bits per heavy atom. The molecule has 0 spiro atoms. The number of benzene rings is 1. The predicted molar refractivity (Wildman–Crippen MR) is 110 cm³/mol. The fourth-order valence-electron chi connectivity index (χ4n) is 3.83. The van der Waals surface area contributed by atoms with Crippen LogP contribution in [-0.4, -0.2) is 126 Å². The van der Waals surface area contributed by atoms with Crippen molar-refractivity contribution in [3.63, 3.8) is 0 Å². The monoisotopic (exact) mass is 506 g/mol. The number of nitrogens with one attached hydrogen (secondary N) is 1. The van der Waals surface area contributed by atoms with Crippen LogP contribution in [0.1, 0.15) is 10.4 Å². The summed E-state index contributed by atoms with van der Waals surface area (Å²) >= 11 is 0. The zero-order valence-electron chi connectivity index (χ0n) is 17.9. The summed E-state index contributed by atoms with van der Waals surface area (Å²) in [5.41, 5.74) is -1.36. The van der Waals surface area contributed by atoms with Gasteiger partial charge in [-0.15, -0.1) is 0 Å². The highest BCUT2D eigenvalue weighted by Crippen LogP contribution is 2.31. The van der Waals surface area contributed by atoms with Crippen LogP contribution in [0.2, 0.25) is 0 Å². The highest BCUT2D eigenvalue weighted by molar-refractivity contribution is 5.93. The summed E-state index contributed by atoms with van der Waals surface area (Å²) in [6.07, 6.45) is -16.2. The zero-order chi connectivity index (χ0) is 26.0. The third-order valence-electron chi connectivity index (χ3n) is 5.74. The number of aliphatic hydroxyl groups is 7. The average Bonchev–Trinajstić information content (AvgIpc) is 2.83. The number of nitrogens with zero attached hydrogens (tertiary/aromatic N) is 1. The first-order valence-corrected chi connectivity index (χ1v) is 10.4. The summed E-state index contributed by atoms with van der Waals surface area (Å²) in [6, 6.07) is 3.02. The molecule has 0 amide bonds. The van der Waals surface area contributed by atoms with Crippen LogP contribution in [0.5, 0.6) is 0 Å². The molecule has 16 nitrogen and oxygen atoms in total. The molecule has 2 aliphatic heterocycles. The summed E-state index contributed by atoms with van der Waals surface area (Å²) in [4.78, 5) is 21.5. The Morgan fingerprint density at radius 3 is 2.20 bits per heavy atom. The van der Waals surface area contributed by atoms with Gasteiger partial charge in [-0.3, -0.25) is 10.1 Å². The van der Waals surface area contributed by atoms with E-state index in [9.17, 15) is 50.7 Å². The van der Waals surface area contributed by atoms with Crippen molar-refractivity contribution >= 4 is 17.3 Å². The number of nitro benzene ring substituents is 1. The molecule has 3 rings (SSSR count). The largest absolute Gasteiger partial charge is 0.477 e. The number of carboxylic acid groups (broad SMARTS) is 1. The second-order valence-electron chi connectivity index (χ2n) is 8.00. The second kappa shape index (κ2) is 11.0. The van der Waals surface area contributed by atoms with Crippen molar-refractivity contribution in [1.82, 2.24) is 0 Å². The van der Waals surface area contributed by atoms with Gasteiger partial charge in [0.1, 0.15) is 54.4 Å². The Balaban J connectivity index is 1.76. The summed E-state index contributed by atoms with van der Waals surface area (Å²) in [5.74, 6) is -1.53. The smallest absolute Gasteiger partial charge is 0.342 e. The quantitative estimate of drug-likeness (QED) is 0.121. The number of carbonyl (C=O) groups is 1. The normalized spacial score (nSPS) is 37.6. The molecule has 2 saturated heterocycles. The summed E-state index contributed by atoms with van der Waals surface area (Å²) in [7, 11) is 0. The molecule has 2 heterocycles. The maximum Gasteiger partial charge on any atom is 0.342 e. The minimum atomic E-state index is -1.82. The highest BCUT2D eigenvalue weighted by atomic mass is 16.7. The average molecular weight is 506 g/mol. The first-order valence-electron chi connectivity index (χ1n) is 10.4. The van der Waals surface area contributed by atoms with Gasteiger partial charge in [-0.25, -0.2) is 4.79 Å². The van der Waals surface area contributed by atoms with Gasteiger partial charge in [-0.1, -0.05) is 0 Å². The number of anilines is 1. The Kier molecular flexibility index (Phi) is 8.54. The fraction of sp³-hybridized carbons (Fsp3) is 0.632. The minimum Gasteiger partial charge on any atom is -0.477 e. The lowest BCUT2D eigenvalue weighted by Crippen LogP contribution is -2.65. The third kappa shape index (κ3) is 5.51. The van der Waals surface area contributed by atoms with E-state index in [1.807, 2.05) is 0 Å². The molecule has 196 valence electrons. The maximum absolute atomic E-state index is 11.2. The van der Waals surface area contributed by atoms with E-state index >= 15 is 0 Å². The van der Waals surface area contributed by atoms with Gasteiger partial charge in [0, 0.05) is 11.8 Å². The van der Waals surface area contributed by atoms with Crippen molar-refractivity contribution in [3.8, 4) is 0 Å². The molecule has 16 heteroatoms. The number of nitro groups is 1. The molecular weight excluding hydrogens is 480 g/mol. The lowest BCUT2D eigenvalue weighted by Gasteiger charge is -2.46. The molecule has 0 aromatic heterocycles. The van der Waals surface area contributed by atoms with Gasteiger partial charge in [0.15, 0.2) is 12.5 Å². The van der Waals surface area contributed by atoms with E-state index in [1.54, 1.807) is 0 Å². The fourth-order valence-corrected chi connectivity index (χ4v) is 3.83. The van der Waals surface area contributed by atoms with Crippen LogP contribution in [-0.2, 0) is 14.2 Å². The topological polar surface area (TPSA) is 262 Å². The van der Waals surface area contributed by atoms with Crippen molar-refractivity contribution in [2.45, 2.75) is 61.3 Å². The molecule has 0 unspecified atom stereocenters. The molecule has 1 aromatic carbocycles. The van der Waals surface area contributed by atoms with E-state index in [4.69, 9.17) is 19.3 Å². The van der Waals surface area contributed by atoms with Crippen LogP contribution >= 0.6 is 0 Å². The van der Waals surface area contributed by atoms with Gasteiger partial charge < -0.3 is 60.4 Å². The van der Waals surface area contributed by atoms with Gasteiger partial charge in [-0.2, -0.15) is 0 Å². The Labute approximate surface area is 196 Å². The molecule has 0 bridgehead atoms. The first kappa shape index (κ1) is 27.1. The van der Waals surface area contributed by atoms with Gasteiger partial charge in [0.25, 0.3) is 5.69 Å². The first-order chi connectivity index (χ1) is 16.5. The van der Waals surface area contributed by atoms with Crippen molar-refractivity contribution in [1.29, 1.82) is 0 Å². The number of ether oxygens (including phenoxy) is 3. The van der Waals surface area contributed by atoms with Gasteiger partial charge >= 0.3 is 5.97 Å². The molecule has 10 atom stereocenters. The van der Waals surface area contributed by atoms with Gasteiger partial charge in [-0.05, 0) is 12.1 Å². The number of aliphatic hydroxyl groups excluding tert-OH is 7. The van der Waals surface area contributed by atoms with Crippen molar-refractivity contribution in [3.05, 3.63) is 33.9 Å². The number of carboxylic acids is 1. The zero-order valence-corrected chi connectivity index (χ0v) is 17.9. The van der Waals surface area contributed by atoms with Crippen LogP contribution in [0.15, 0.2) is 18.2 Å². The second-order valence-corrected chi connectivity index (χ2v) is 8.00. The molecule has 0 radical (unpaired) electrons. The van der Waals surface area contributed by atoms with Gasteiger partial charge in [0.2, 0.25) is 0 Å². The maximum atomic E-state index is 11.2. The Morgan fingerprint density at radius 1 is 0.971 bits per heavy atom. The highest BCUT2D eigenvalue weighted by Gasteiger charge is 2.50. The number of hydrogen-bond donors (Lipinski definition) is 9. The number of aromatic carboxylic acids is 1. The summed E-state index contributed by atoms with van der Waals surface area (Å²) < 4.78 is 16.2. The van der Waals surface area contributed by atoms with E-state index in [-0.39, 0.29) is 5.69 Å². The summed E-state index contributed by atoms with van der Waals surface area (Å²) in [5, 5.41) is 92.9. The molecule has 9 N–H and O–H groups in total. The van der Waals surface area contributed by atoms with Crippen molar-refractivity contribution < 1.29 is 64.8 Å². The van der Waals surface area contributed by atoms with Crippen LogP contribution in [0.4, 0.5) is 11.4 Å². The van der Waals surface area contributed by atoms with E-state index in [0.29, 0.717) is 0 Å². The Hall–Kier alpha value is -2.51. The minimum absolute atomic E-state index is 0.0389. The molecule has 0 saturated carbocycles. The van der Waals surface area contributed by atoms with Crippen molar-refractivity contribution in [2.24, 2.45) is 0 Å². The van der Waals surface area contributed by atoms with E-state index in [2.05, 4.69) is 5.32 Å². The third-order valence-corrected chi connectivity index (χ3v) is 5.74. The number of rotatable bonds is 8. The van der Waals surface area contributed by atoms with Crippen molar-refractivity contribution in [2.75, 3.05) is 18.5 Å². The summed E-state index contributed by atoms with van der Waals surface area (Å²) in [6.45, 7) is -1.51. The lowest BCUT2D eigenvalue weighted by molar-refractivity contribution is -0.385. The molecule has 2 aliphatic rings. The predicted octanol–water partition coefficient (Wildman–Crippen LogP) is -3.67. The van der Waals surface area contributed by atoms with E-state index < -0.39 is 96.7 Å².